The Hall–Kier alpha value is -3.68. The first kappa shape index (κ1) is 23.5. The molecule has 4 rings (SSSR count). The Kier molecular flexibility index (Phi) is 6.17. The van der Waals surface area contributed by atoms with Crippen LogP contribution in [0.5, 0.6) is 0 Å². The smallest absolute Gasteiger partial charge is 0.331 e. The van der Waals surface area contributed by atoms with Gasteiger partial charge in [0.1, 0.15) is 11.3 Å². The molecule has 0 saturated heterocycles. The van der Waals surface area contributed by atoms with Gasteiger partial charge in [-0.05, 0) is 23.6 Å². The molecule has 8 heteroatoms. The number of aromatic nitrogens is 3. The molecule has 0 fully saturated rings. The molecule has 2 aromatic carbocycles. The van der Waals surface area contributed by atoms with Crippen LogP contribution in [0.25, 0.3) is 10.9 Å². The molecule has 34 heavy (non-hydrogen) atoms. The van der Waals surface area contributed by atoms with Crippen molar-refractivity contribution in [3.63, 3.8) is 0 Å². The van der Waals surface area contributed by atoms with E-state index >= 15 is 0 Å². The average Bonchev–Trinajstić information content (AvgIpc) is 3.13. The number of rotatable bonds is 7. The highest BCUT2D eigenvalue weighted by Gasteiger charge is 2.24. The topological polar surface area (TPSA) is 61.0 Å². The molecule has 6 nitrogen and oxygen atoms in total. The Morgan fingerprint density at radius 3 is 2.24 bits per heavy atom. The molecule has 2 heterocycles. The van der Waals surface area contributed by atoms with Gasteiger partial charge in [0.25, 0.3) is 11.5 Å². The van der Waals surface area contributed by atoms with Crippen molar-refractivity contribution in [2.24, 2.45) is 13.0 Å². The molecule has 0 amide bonds. The maximum atomic E-state index is 13.6. The normalized spacial score (nSPS) is 12.0. The minimum atomic E-state index is -2.92. The molecule has 0 atom stereocenters. The van der Waals surface area contributed by atoms with Crippen LogP contribution >= 0.6 is 0 Å². The number of nitrogens with one attached hydrogen (secondary N) is 1. The maximum absolute atomic E-state index is 13.6. The molecule has 4 aromatic rings. The van der Waals surface area contributed by atoms with Gasteiger partial charge in [0.15, 0.2) is 0 Å². The zero-order valence-corrected chi connectivity index (χ0v) is 19.7. The van der Waals surface area contributed by atoms with E-state index in [2.05, 4.69) is 5.32 Å². The monoisotopic (exact) mass is 466 g/mol. The summed E-state index contributed by atoms with van der Waals surface area (Å²) in [6.45, 7) is 5.66. The zero-order valence-electron chi connectivity index (χ0n) is 19.7. The van der Waals surface area contributed by atoms with Crippen molar-refractivity contribution in [1.82, 2.24) is 13.7 Å². The molecule has 0 spiro atoms. The standard InChI is InChI=1S/C26H28F2N4O2/c1-17(2)14-32-22-21(24(33)30(4)25(32)34)16-31(23(22)29-20-8-6-5-7-9-20)15-18-10-12-19(13-11-18)26(3,27)28/h5-13,16-17,29H,14-15H2,1-4H3. The zero-order chi connectivity index (χ0) is 24.6. The first-order valence-corrected chi connectivity index (χ1v) is 11.2. The highest BCUT2D eigenvalue weighted by molar-refractivity contribution is 5.91. The van der Waals surface area contributed by atoms with Crippen LogP contribution in [-0.4, -0.2) is 13.7 Å². The molecule has 0 bridgehead atoms. The summed E-state index contributed by atoms with van der Waals surface area (Å²) in [5.41, 5.74) is 1.30. The molecule has 0 aliphatic heterocycles. The Bertz CT molecular complexity index is 1430. The Morgan fingerprint density at radius 2 is 1.65 bits per heavy atom. The predicted octanol–water partition coefficient (Wildman–Crippen LogP) is 5.06. The first-order valence-electron chi connectivity index (χ1n) is 11.2. The van der Waals surface area contributed by atoms with Gasteiger partial charge in [-0.2, -0.15) is 0 Å². The van der Waals surface area contributed by atoms with E-state index in [1.54, 1.807) is 22.9 Å². The van der Waals surface area contributed by atoms with E-state index in [0.717, 1.165) is 22.7 Å². The third-order valence-electron chi connectivity index (χ3n) is 5.77. The lowest BCUT2D eigenvalue weighted by atomic mass is 10.1. The number of para-hydroxylation sites is 1. The largest absolute Gasteiger partial charge is 0.340 e. The van der Waals surface area contributed by atoms with Crippen LogP contribution in [0.15, 0.2) is 70.4 Å². The number of anilines is 2. The van der Waals surface area contributed by atoms with E-state index in [1.807, 2.05) is 48.7 Å². The summed E-state index contributed by atoms with van der Waals surface area (Å²) in [4.78, 5) is 26.1. The molecule has 0 aliphatic carbocycles. The average molecular weight is 467 g/mol. The lowest BCUT2D eigenvalue weighted by molar-refractivity contribution is 0.0174. The molecule has 0 aliphatic rings. The molecule has 1 N–H and O–H groups in total. The maximum Gasteiger partial charge on any atom is 0.331 e. The Balaban J connectivity index is 1.91. The molecular formula is C26H28F2N4O2. The van der Waals surface area contributed by atoms with Gasteiger partial charge in [0, 0.05) is 44.5 Å². The van der Waals surface area contributed by atoms with Crippen LogP contribution in [-0.2, 0) is 26.1 Å². The van der Waals surface area contributed by atoms with Gasteiger partial charge in [0.2, 0.25) is 0 Å². The summed E-state index contributed by atoms with van der Waals surface area (Å²) in [5.74, 6) is -2.14. The van der Waals surface area contributed by atoms with Crippen molar-refractivity contribution in [3.8, 4) is 0 Å². The quantitative estimate of drug-likeness (QED) is 0.414. The van der Waals surface area contributed by atoms with E-state index in [9.17, 15) is 18.4 Å². The van der Waals surface area contributed by atoms with Gasteiger partial charge in [-0.1, -0.05) is 56.3 Å². The van der Waals surface area contributed by atoms with Gasteiger partial charge in [-0.25, -0.2) is 13.6 Å². The van der Waals surface area contributed by atoms with Gasteiger partial charge in [-0.3, -0.25) is 13.9 Å². The molecule has 0 radical (unpaired) electrons. The van der Waals surface area contributed by atoms with Crippen molar-refractivity contribution in [2.45, 2.75) is 39.8 Å². The van der Waals surface area contributed by atoms with Crippen molar-refractivity contribution in [3.05, 3.63) is 92.8 Å². The van der Waals surface area contributed by atoms with Gasteiger partial charge < -0.3 is 9.88 Å². The lowest BCUT2D eigenvalue weighted by Crippen LogP contribution is -2.38. The second-order valence-corrected chi connectivity index (χ2v) is 9.10. The van der Waals surface area contributed by atoms with E-state index in [-0.39, 0.29) is 22.7 Å². The van der Waals surface area contributed by atoms with E-state index in [4.69, 9.17) is 0 Å². The predicted molar refractivity (Wildman–Crippen MR) is 131 cm³/mol. The van der Waals surface area contributed by atoms with Crippen LogP contribution in [0.3, 0.4) is 0 Å². The summed E-state index contributed by atoms with van der Waals surface area (Å²) in [5, 5.41) is 3.79. The van der Waals surface area contributed by atoms with Gasteiger partial charge >= 0.3 is 5.69 Å². The number of benzene rings is 2. The highest BCUT2D eigenvalue weighted by Crippen LogP contribution is 2.30. The minimum absolute atomic E-state index is 0.0591. The van der Waals surface area contributed by atoms with Crippen molar-refractivity contribution >= 4 is 22.4 Å². The molecular weight excluding hydrogens is 438 g/mol. The van der Waals surface area contributed by atoms with Crippen LogP contribution in [0.2, 0.25) is 0 Å². The fourth-order valence-electron chi connectivity index (χ4n) is 4.07. The van der Waals surface area contributed by atoms with Gasteiger partial charge in [0.05, 0.1) is 5.39 Å². The van der Waals surface area contributed by atoms with Crippen molar-refractivity contribution in [1.29, 1.82) is 0 Å². The summed E-state index contributed by atoms with van der Waals surface area (Å²) in [6, 6.07) is 15.6. The number of fused-ring (bicyclic) bond motifs is 1. The van der Waals surface area contributed by atoms with E-state index < -0.39 is 5.92 Å². The van der Waals surface area contributed by atoms with Crippen LogP contribution in [0.1, 0.15) is 31.9 Å². The molecule has 2 aromatic heterocycles. The first-order chi connectivity index (χ1) is 16.1. The number of hydrogen-bond acceptors (Lipinski definition) is 3. The minimum Gasteiger partial charge on any atom is -0.340 e. The lowest BCUT2D eigenvalue weighted by Gasteiger charge is -2.16. The summed E-state index contributed by atoms with van der Waals surface area (Å²) >= 11 is 0. The third-order valence-corrected chi connectivity index (χ3v) is 5.77. The third kappa shape index (κ3) is 4.53. The van der Waals surface area contributed by atoms with E-state index in [1.165, 1.54) is 19.2 Å². The summed E-state index contributed by atoms with van der Waals surface area (Å²) in [6.07, 6.45) is 1.72. The second kappa shape index (κ2) is 8.93. The van der Waals surface area contributed by atoms with Crippen molar-refractivity contribution < 1.29 is 8.78 Å². The van der Waals surface area contributed by atoms with Gasteiger partial charge in [-0.15, -0.1) is 0 Å². The Labute approximate surface area is 196 Å². The second-order valence-electron chi connectivity index (χ2n) is 9.10. The summed E-state index contributed by atoms with van der Waals surface area (Å²) < 4.78 is 31.9. The highest BCUT2D eigenvalue weighted by atomic mass is 19.3. The van der Waals surface area contributed by atoms with Crippen LogP contribution in [0, 0.1) is 5.92 Å². The molecule has 0 unspecified atom stereocenters. The SMILES string of the molecule is CC(C)Cn1c(=O)n(C)c(=O)c2cn(Cc3ccc(C(C)(F)F)cc3)c(Nc3ccccc3)c21. The number of halogens is 2. The molecule has 178 valence electrons. The number of hydrogen-bond donors (Lipinski definition) is 1. The van der Waals surface area contributed by atoms with Crippen LogP contribution < -0.4 is 16.6 Å². The fourth-order valence-corrected chi connectivity index (χ4v) is 4.07. The summed E-state index contributed by atoms with van der Waals surface area (Å²) in [7, 11) is 1.48. The number of alkyl halides is 2. The molecule has 0 saturated carbocycles. The fraction of sp³-hybridized carbons (Fsp3) is 0.308. The number of nitrogens with zero attached hydrogens (tertiary/aromatic N) is 3. The Morgan fingerprint density at radius 1 is 1.00 bits per heavy atom. The van der Waals surface area contributed by atoms with Crippen molar-refractivity contribution in [2.75, 3.05) is 5.32 Å². The van der Waals surface area contributed by atoms with E-state index in [0.29, 0.717) is 29.8 Å². The van der Waals surface area contributed by atoms with Crippen LogP contribution in [0.4, 0.5) is 20.3 Å².